The van der Waals surface area contributed by atoms with Crippen molar-refractivity contribution in [1.82, 2.24) is 0 Å². The summed E-state index contributed by atoms with van der Waals surface area (Å²) in [6.45, 7) is 0.258. The Balaban J connectivity index is 1.40. The Morgan fingerprint density at radius 1 is 1.02 bits per heavy atom. The van der Waals surface area contributed by atoms with E-state index in [2.05, 4.69) is 6.07 Å². The highest BCUT2D eigenvalue weighted by atomic mass is 35.5. The molecule has 4 aromatic rings. The predicted molar refractivity (Wildman–Crippen MR) is 156 cm³/mol. The summed E-state index contributed by atoms with van der Waals surface area (Å²) in [7, 11) is 1.54. The molecule has 0 bridgehead atoms. The van der Waals surface area contributed by atoms with E-state index in [4.69, 9.17) is 36.3 Å². The fourth-order valence-corrected chi connectivity index (χ4v) is 4.66. The fourth-order valence-electron chi connectivity index (χ4n) is 4.47. The number of methoxy groups -OCH3 is 1. The van der Waals surface area contributed by atoms with Gasteiger partial charge in [-0.3, -0.25) is 0 Å². The van der Waals surface area contributed by atoms with Crippen molar-refractivity contribution >= 4 is 23.6 Å². The fraction of sp³-hybridized carbons (Fsp3) is 0.0909. The van der Waals surface area contributed by atoms with Crippen molar-refractivity contribution < 1.29 is 23.7 Å². The number of benzene rings is 4. The van der Waals surface area contributed by atoms with Gasteiger partial charge in [0.25, 0.3) is 0 Å². The Kier molecular flexibility index (Phi) is 8.23. The molecule has 0 radical (unpaired) electrons. The first kappa shape index (κ1) is 27.4. The van der Waals surface area contributed by atoms with Crippen LogP contribution in [0.1, 0.15) is 28.2 Å². The zero-order valence-corrected chi connectivity index (χ0v) is 22.8. The number of ether oxygens (including phenoxy) is 4. The number of hydrogen-bond acceptors (Lipinski definition) is 7. The summed E-state index contributed by atoms with van der Waals surface area (Å²) in [6.07, 6.45) is 3.02. The molecule has 0 saturated carbocycles. The normalized spacial score (nSPS) is 14.1. The van der Waals surface area contributed by atoms with Crippen molar-refractivity contribution in [2.24, 2.45) is 5.73 Å². The third-order valence-corrected chi connectivity index (χ3v) is 6.85. The molecule has 4 aromatic carbocycles. The summed E-state index contributed by atoms with van der Waals surface area (Å²) in [6, 6.07) is 29.4. The zero-order chi connectivity index (χ0) is 28.8. The molecule has 7 nitrogen and oxygen atoms in total. The number of halogens is 1. The van der Waals surface area contributed by atoms with Crippen LogP contribution in [-0.4, -0.2) is 13.1 Å². The molecule has 8 heteroatoms. The maximum Gasteiger partial charge on any atom is 0.336 e. The first-order valence-electron chi connectivity index (χ1n) is 12.7. The number of nitrogens with zero attached hydrogens (tertiary/aromatic N) is 1. The van der Waals surface area contributed by atoms with Crippen LogP contribution in [-0.2, 0) is 11.4 Å². The van der Waals surface area contributed by atoms with Crippen LogP contribution in [0.15, 0.2) is 109 Å². The molecule has 0 aromatic heterocycles. The SMILES string of the molecule is COc1cc(C2C(C#N)=C(N)Oc3cc(OC(=O)/C=C/c4ccccc4)ccc32)ccc1OCc1ccccc1Cl. The molecule has 1 atom stereocenters. The van der Waals surface area contributed by atoms with Gasteiger partial charge in [0, 0.05) is 28.3 Å². The molecule has 0 spiro atoms. The topological polar surface area (TPSA) is 104 Å². The first-order valence-corrected chi connectivity index (χ1v) is 13.0. The molecule has 0 aliphatic carbocycles. The van der Waals surface area contributed by atoms with Crippen LogP contribution >= 0.6 is 11.6 Å². The quantitative estimate of drug-likeness (QED) is 0.143. The number of fused-ring (bicyclic) bond motifs is 1. The van der Waals surface area contributed by atoms with Gasteiger partial charge in [0.1, 0.15) is 29.7 Å². The molecule has 5 rings (SSSR count). The molecule has 1 unspecified atom stereocenters. The van der Waals surface area contributed by atoms with Crippen molar-refractivity contribution in [3.8, 4) is 29.1 Å². The zero-order valence-electron chi connectivity index (χ0n) is 22.0. The highest BCUT2D eigenvalue weighted by molar-refractivity contribution is 6.31. The molecular formula is C33H25ClN2O5. The molecule has 1 aliphatic rings. The van der Waals surface area contributed by atoms with Gasteiger partial charge in [0.15, 0.2) is 11.5 Å². The first-order chi connectivity index (χ1) is 20.0. The Morgan fingerprint density at radius 2 is 1.80 bits per heavy atom. The summed E-state index contributed by atoms with van der Waals surface area (Å²) in [5.74, 6) is 0.535. The molecule has 1 heterocycles. The average molecular weight is 565 g/mol. The molecule has 0 amide bonds. The number of allylic oxidation sites excluding steroid dienone is 1. The summed E-state index contributed by atoms with van der Waals surface area (Å²) in [4.78, 5) is 12.4. The Morgan fingerprint density at radius 3 is 2.56 bits per heavy atom. The molecule has 1 aliphatic heterocycles. The minimum absolute atomic E-state index is 0.0320. The van der Waals surface area contributed by atoms with Crippen molar-refractivity contribution in [3.05, 3.63) is 136 Å². The number of rotatable bonds is 8. The van der Waals surface area contributed by atoms with Gasteiger partial charge in [-0.05, 0) is 41.5 Å². The van der Waals surface area contributed by atoms with E-state index < -0.39 is 11.9 Å². The van der Waals surface area contributed by atoms with Gasteiger partial charge in [-0.1, -0.05) is 72.3 Å². The lowest BCUT2D eigenvalue weighted by atomic mass is 9.83. The number of hydrogen-bond donors (Lipinski definition) is 1. The van der Waals surface area contributed by atoms with Crippen LogP contribution < -0.4 is 24.7 Å². The Bertz CT molecular complexity index is 1690. The second-order valence-electron chi connectivity index (χ2n) is 9.08. The monoisotopic (exact) mass is 564 g/mol. The lowest BCUT2D eigenvalue weighted by Crippen LogP contribution is -2.21. The average Bonchev–Trinajstić information content (AvgIpc) is 2.99. The van der Waals surface area contributed by atoms with Gasteiger partial charge in [-0.2, -0.15) is 5.26 Å². The third-order valence-electron chi connectivity index (χ3n) is 6.48. The van der Waals surface area contributed by atoms with Crippen molar-refractivity contribution in [2.45, 2.75) is 12.5 Å². The van der Waals surface area contributed by atoms with Gasteiger partial charge < -0.3 is 24.7 Å². The van der Waals surface area contributed by atoms with Crippen molar-refractivity contribution in [3.63, 3.8) is 0 Å². The highest BCUT2D eigenvalue weighted by Crippen LogP contribution is 2.45. The molecular weight excluding hydrogens is 540 g/mol. The lowest BCUT2D eigenvalue weighted by Gasteiger charge is -2.27. The Labute approximate surface area is 242 Å². The number of nitriles is 1. The maximum absolute atomic E-state index is 12.4. The van der Waals surface area contributed by atoms with E-state index in [-0.39, 0.29) is 23.8 Å². The van der Waals surface area contributed by atoms with Crippen LogP contribution in [0.4, 0.5) is 0 Å². The van der Waals surface area contributed by atoms with Gasteiger partial charge in [0.2, 0.25) is 5.88 Å². The lowest BCUT2D eigenvalue weighted by molar-refractivity contribution is -0.128. The van der Waals surface area contributed by atoms with Crippen molar-refractivity contribution in [1.29, 1.82) is 5.26 Å². The van der Waals surface area contributed by atoms with Crippen molar-refractivity contribution in [2.75, 3.05) is 7.11 Å². The van der Waals surface area contributed by atoms with Crippen LogP contribution in [0.5, 0.6) is 23.0 Å². The van der Waals surface area contributed by atoms with E-state index >= 15 is 0 Å². The number of esters is 1. The minimum Gasteiger partial charge on any atom is -0.493 e. The smallest absolute Gasteiger partial charge is 0.336 e. The van der Waals surface area contributed by atoms with Crippen LogP contribution in [0.3, 0.4) is 0 Å². The van der Waals surface area contributed by atoms with Gasteiger partial charge in [0.05, 0.1) is 13.0 Å². The van der Waals surface area contributed by atoms with Gasteiger partial charge in [-0.25, -0.2) is 4.79 Å². The maximum atomic E-state index is 12.4. The molecule has 0 saturated heterocycles. The predicted octanol–water partition coefficient (Wildman–Crippen LogP) is 6.76. The summed E-state index contributed by atoms with van der Waals surface area (Å²) in [5, 5.41) is 10.6. The molecule has 0 fully saturated rings. The third kappa shape index (κ3) is 6.19. The number of nitrogens with two attached hydrogens (primary N) is 1. The second-order valence-corrected chi connectivity index (χ2v) is 9.49. The summed E-state index contributed by atoms with van der Waals surface area (Å²) in [5.41, 5.74) is 9.56. The van der Waals surface area contributed by atoms with Gasteiger partial charge in [-0.15, -0.1) is 0 Å². The van der Waals surface area contributed by atoms with Gasteiger partial charge >= 0.3 is 5.97 Å². The van der Waals surface area contributed by atoms with E-state index in [9.17, 15) is 10.1 Å². The molecule has 41 heavy (non-hydrogen) atoms. The Hall–Kier alpha value is -5.19. The van der Waals surface area contributed by atoms with E-state index in [1.807, 2.05) is 54.6 Å². The van der Waals surface area contributed by atoms with Crippen LogP contribution in [0.25, 0.3) is 6.08 Å². The largest absolute Gasteiger partial charge is 0.493 e. The van der Waals surface area contributed by atoms with E-state index in [0.29, 0.717) is 27.8 Å². The standard InChI is InChI=1S/C33H25ClN2O5/c1-38-30-17-22(12-15-28(30)39-20-23-9-5-6-10-27(23)34)32-25-14-13-24(18-29(25)41-33(36)26(32)19-35)40-31(37)16-11-21-7-3-2-4-8-21/h2-18,32H,20,36H2,1H3/b16-11+. The van der Waals surface area contributed by atoms with E-state index in [1.165, 1.54) is 6.08 Å². The van der Waals surface area contributed by atoms with E-state index in [0.717, 1.165) is 16.7 Å². The number of carbonyl (C=O) groups is 1. The summed E-state index contributed by atoms with van der Waals surface area (Å²) < 4.78 is 22.9. The second kappa shape index (κ2) is 12.3. The summed E-state index contributed by atoms with van der Waals surface area (Å²) >= 11 is 6.26. The van der Waals surface area contributed by atoms with Crippen LogP contribution in [0, 0.1) is 11.3 Å². The molecule has 2 N–H and O–H groups in total. The van der Waals surface area contributed by atoms with E-state index in [1.54, 1.807) is 49.6 Å². The number of carbonyl (C=O) groups excluding carboxylic acids is 1. The highest BCUT2D eigenvalue weighted by Gasteiger charge is 2.31. The molecule has 204 valence electrons. The minimum atomic E-state index is -0.544. The van der Waals surface area contributed by atoms with Crippen LogP contribution in [0.2, 0.25) is 5.02 Å².